The molecule has 2 heterocycles. The van der Waals surface area contributed by atoms with Crippen LogP contribution in [0.3, 0.4) is 0 Å². The van der Waals surface area contributed by atoms with E-state index in [9.17, 15) is 4.79 Å². The maximum atomic E-state index is 12.3. The van der Waals surface area contributed by atoms with Crippen LogP contribution in [0, 0.1) is 0 Å². The van der Waals surface area contributed by atoms with Crippen LogP contribution in [0.5, 0.6) is 0 Å². The lowest BCUT2D eigenvalue weighted by Gasteiger charge is -2.26. The van der Waals surface area contributed by atoms with Gasteiger partial charge in [0.05, 0.1) is 18.1 Å². The zero-order valence-electron chi connectivity index (χ0n) is 15.7. The van der Waals surface area contributed by atoms with E-state index in [-0.39, 0.29) is 7.33 Å². The SMILES string of the molecule is CC(C)c1ccc(-c2csc(C(=O)NCCCN3CCOCC3)c2)cc1.[HH]. The van der Waals surface area contributed by atoms with Crippen molar-refractivity contribution in [2.24, 2.45) is 0 Å². The fraction of sp³-hybridized carbons (Fsp3) is 0.476. The molecule has 0 spiro atoms. The van der Waals surface area contributed by atoms with Gasteiger partial charge in [-0.25, -0.2) is 0 Å². The van der Waals surface area contributed by atoms with E-state index in [2.05, 4.69) is 53.7 Å². The highest BCUT2D eigenvalue weighted by Gasteiger charge is 2.12. The predicted octanol–water partition coefficient (Wildman–Crippen LogP) is 4.24. The molecule has 1 aromatic carbocycles. The summed E-state index contributed by atoms with van der Waals surface area (Å²) >= 11 is 1.51. The lowest BCUT2D eigenvalue weighted by atomic mass is 10.00. The first-order valence-electron chi connectivity index (χ1n) is 9.40. The number of thiophene rings is 1. The number of morpholine rings is 1. The second kappa shape index (κ2) is 9.31. The van der Waals surface area contributed by atoms with Gasteiger partial charge in [-0.15, -0.1) is 11.3 Å². The fourth-order valence-electron chi connectivity index (χ4n) is 3.08. The summed E-state index contributed by atoms with van der Waals surface area (Å²) in [4.78, 5) is 15.5. The first-order valence-corrected chi connectivity index (χ1v) is 10.3. The maximum absolute atomic E-state index is 12.3. The van der Waals surface area contributed by atoms with Gasteiger partial charge in [0, 0.05) is 21.1 Å². The van der Waals surface area contributed by atoms with Gasteiger partial charge in [-0.3, -0.25) is 9.69 Å². The highest BCUT2D eigenvalue weighted by Crippen LogP contribution is 2.27. The van der Waals surface area contributed by atoms with Crippen LogP contribution in [0.25, 0.3) is 11.1 Å². The molecule has 4 nitrogen and oxygen atoms in total. The Morgan fingerprint density at radius 1 is 1.23 bits per heavy atom. The minimum Gasteiger partial charge on any atom is -0.379 e. The van der Waals surface area contributed by atoms with Crippen molar-refractivity contribution in [1.82, 2.24) is 10.2 Å². The summed E-state index contributed by atoms with van der Waals surface area (Å²) in [7, 11) is 0. The maximum Gasteiger partial charge on any atom is 0.261 e. The number of nitrogens with zero attached hydrogens (tertiary/aromatic N) is 1. The van der Waals surface area contributed by atoms with E-state index in [4.69, 9.17) is 4.74 Å². The minimum atomic E-state index is 0. The van der Waals surface area contributed by atoms with Crippen molar-refractivity contribution in [3.63, 3.8) is 0 Å². The Morgan fingerprint density at radius 3 is 2.65 bits per heavy atom. The van der Waals surface area contributed by atoms with E-state index in [1.165, 1.54) is 16.9 Å². The van der Waals surface area contributed by atoms with Gasteiger partial charge in [0.25, 0.3) is 5.91 Å². The average Bonchev–Trinajstić information content (AvgIpc) is 3.16. The second-order valence-corrected chi connectivity index (χ2v) is 7.95. The van der Waals surface area contributed by atoms with Gasteiger partial charge in [-0.2, -0.15) is 0 Å². The number of carbonyl (C=O) groups excluding carboxylic acids is 1. The summed E-state index contributed by atoms with van der Waals surface area (Å²) in [5, 5.41) is 5.10. The molecule has 1 aromatic heterocycles. The Bertz CT molecular complexity index is 709. The molecule has 0 aliphatic carbocycles. The number of hydrogen-bond acceptors (Lipinski definition) is 4. The van der Waals surface area contributed by atoms with Crippen LogP contribution < -0.4 is 5.32 Å². The van der Waals surface area contributed by atoms with Crippen LogP contribution in [0.4, 0.5) is 0 Å². The Kier molecular flexibility index (Phi) is 6.83. The normalized spacial score (nSPS) is 15.3. The molecule has 0 atom stereocenters. The summed E-state index contributed by atoms with van der Waals surface area (Å²) in [5.74, 6) is 0.562. The molecular formula is C21H30N2O2S. The molecule has 0 unspecified atom stereocenters. The number of benzene rings is 1. The molecule has 3 rings (SSSR count). The molecule has 1 N–H and O–H groups in total. The molecule has 1 amide bonds. The van der Waals surface area contributed by atoms with Crippen LogP contribution in [-0.4, -0.2) is 50.2 Å². The Labute approximate surface area is 161 Å². The molecule has 0 bridgehead atoms. The third-order valence-electron chi connectivity index (χ3n) is 4.77. The summed E-state index contributed by atoms with van der Waals surface area (Å²) in [6.45, 7) is 9.76. The first kappa shape index (κ1) is 19.1. The molecule has 142 valence electrons. The van der Waals surface area contributed by atoms with Crippen LogP contribution in [0.2, 0.25) is 0 Å². The van der Waals surface area contributed by atoms with Crippen molar-refractivity contribution in [3.05, 3.63) is 46.2 Å². The van der Waals surface area contributed by atoms with Crippen molar-refractivity contribution in [1.29, 1.82) is 0 Å². The third-order valence-corrected chi connectivity index (χ3v) is 5.70. The van der Waals surface area contributed by atoms with Crippen molar-refractivity contribution in [2.45, 2.75) is 26.2 Å². The third kappa shape index (κ3) is 5.16. The predicted molar refractivity (Wildman–Crippen MR) is 110 cm³/mol. The lowest BCUT2D eigenvalue weighted by Crippen LogP contribution is -2.38. The molecule has 1 saturated heterocycles. The van der Waals surface area contributed by atoms with Crippen LogP contribution >= 0.6 is 11.3 Å². The van der Waals surface area contributed by atoms with Gasteiger partial charge < -0.3 is 10.1 Å². The summed E-state index contributed by atoms with van der Waals surface area (Å²) in [6, 6.07) is 10.6. The topological polar surface area (TPSA) is 41.6 Å². The van der Waals surface area contributed by atoms with E-state index in [0.29, 0.717) is 12.5 Å². The molecule has 5 heteroatoms. The van der Waals surface area contributed by atoms with Gasteiger partial charge in [0.1, 0.15) is 0 Å². The van der Waals surface area contributed by atoms with E-state index in [0.717, 1.165) is 55.3 Å². The van der Waals surface area contributed by atoms with Crippen LogP contribution in [0.15, 0.2) is 35.7 Å². The zero-order valence-corrected chi connectivity index (χ0v) is 16.5. The number of ether oxygens (including phenoxy) is 1. The second-order valence-electron chi connectivity index (χ2n) is 7.04. The van der Waals surface area contributed by atoms with Gasteiger partial charge >= 0.3 is 0 Å². The number of nitrogens with one attached hydrogen (secondary N) is 1. The molecule has 1 aliphatic rings. The molecule has 1 aliphatic heterocycles. The monoisotopic (exact) mass is 374 g/mol. The Hall–Kier alpha value is -1.69. The lowest BCUT2D eigenvalue weighted by molar-refractivity contribution is 0.0374. The average molecular weight is 375 g/mol. The Balaban J connectivity index is 0.00000261. The molecule has 0 saturated carbocycles. The number of hydrogen-bond donors (Lipinski definition) is 1. The highest BCUT2D eigenvalue weighted by molar-refractivity contribution is 7.12. The molecule has 26 heavy (non-hydrogen) atoms. The highest BCUT2D eigenvalue weighted by atomic mass is 32.1. The number of rotatable bonds is 7. The zero-order chi connectivity index (χ0) is 18.4. The standard InChI is InChI=1S/C21H28N2O2S.H2/c1-16(2)17-4-6-18(7-5-17)19-14-20(26-15-19)21(24)22-8-3-9-23-10-12-25-13-11-23;/h4-7,14-16H,3,8-13H2,1-2H3,(H,22,24);1H. The van der Waals surface area contributed by atoms with E-state index < -0.39 is 0 Å². The largest absolute Gasteiger partial charge is 0.379 e. The molecule has 0 radical (unpaired) electrons. The Morgan fingerprint density at radius 2 is 1.96 bits per heavy atom. The number of carbonyl (C=O) groups is 1. The van der Waals surface area contributed by atoms with Crippen molar-refractivity contribution < 1.29 is 11.0 Å². The van der Waals surface area contributed by atoms with Crippen molar-refractivity contribution >= 4 is 17.2 Å². The minimum absolute atomic E-state index is 0. The van der Waals surface area contributed by atoms with Gasteiger partial charge in [0.15, 0.2) is 0 Å². The molecular weight excluding hydrogens is 344 g/mol. The van der Waals surface area contributed by atoms with Gasteiger partial charge in [-0.05, 0) is 47.0 Å². The quantitative estimate of drug-likeness (QED) is 0.737. The fourth-order valence-corrected chi connectivity index (χ4v) is 3.92. The van der Waals surface area contributed by atoms with Gasteiger partial charge in [0.2, 0.25) is 0 Å². The first-order chi connectivity index (χ1) is 12.6. The van der Waals surface area contributed by atoms with E-state index in [1.807, 2.05) is 6.07 Å². The molecule has 1 fully saturated rings. The van der Waals surface area contributed by atoms with Crippen LogP contribution in [-0.2, 0) is 4.74 Å². The van der Waals surface area contributed by atoms with E-state index in [1.54, 1.807) is 0 Å². The van der Waals surface area contributed by atoms with E-state index >= 15 is 0 Å². The smallest absolute Gasteiger partial charge is 0.261 e. The molecule has 2 aromatic rings. The number of amides is 1. The summed E-state index contributed by atoms with van der Waals surface area (Å²) in [5.41, 5.74) is 3.61. The van der Waals surface area contributed by atoms with Gasteiger partial charge in [-0.1, -0.05) is 38.1 Å². The van der Waals surface area contributed by atoms with Crippen LogP contribution in [0.1, 0.15) is 42.8 Å². The van der Waals surface area contributed by atoms with Crippen molar-refractivity contribution in [2.75, 3.05) is 39.4 Å². The summed E-state index contributed by atoms with van der Waals surface area (Å²) in [6.07, 6.45) is 0.973. The van der Waals surface area contributed by atoms with Crippen molar-refractivity contribution in [3.8, 4) is 11.1 Å². The summed E-state index contributed by atoms with van der Waals surface area (Å²) < 4.78 is 5.35.